The zero-order valence-corrected chi connectivity index (χ0v) is 24.9. The number of carbonyl (C=O) groups excluding carboxylic acids is 3. The first kappa shape index (κ1) is 30.9. The minimum absolute atomic E-state index is 0.121. The molecule has 2 aromatic heterocycles. The molecule has 1 fully saturated rings. The summed E-state index contributed by atoms with van der Waals surface area (Å²) < 4.78 is 70.8. The highest BCUT2D eigenvalue weighted by Crippen LogP contribution is 2.31. The molecule has 0 spiro atoms. The highest BCUT2D eigenvalue weighted by molar-refractivity contribution is 7.89. The van der Waals surface area contributed by atoms with Gasteiger partial charge in [0.25, 0.3) is 5.91 Å². The van der Waals surface area contributed by atoms with E-state index in [-0.39, 0.29) is 41.1 Å². The number of benzene rings is 1. The summed E-state index contributed by atoms with van der Waals surface area (Å²) in [6.45, 7) is 0.683. The molecule has 0 bridgehead atoms. The maximum atomic E-state index is 13.7. The topological polar surface area (TPSA) is 147 Å². The predicted octanol–water partition coefficient (Wildman–Crippen LogP) is 2.57. The van der Waals surface area contributed by atoms with Gasteiger partial charge in [0.1, 0.15) is 6.04 Å². The molecule has 43 heavy (non-hydrogen) atoms. The van der Waals surface area contributed by atoms with E-state index in [1.54, 1.807) is 13.0 Å². The minimum Gasteiger partial charge on any atom is -0.349 e. The van der Waals surface area contributed by atoms with Crippen LogP contribution in [0, 0.1) is 6.92 Å². The maximum absolute atomic E-state index is 13.7. The summed E-state index contributed by atoms with van der Waals surface area (Å²) in [6.07, 6.45) is -3.77. The SMILES string of the molecule is Cc1c(N2CCCC2=O)cccc1S(=O)(=O)N[C@@H](CNC(=O)c1ccc(Cl)s1)C(=O)N1CCn2c(nnc2C(F)(F)F)C1. The molecule has 0 aliphatic carbocycles. The van der Waals surface area contributed by atoms with Crippen molar-refractivity contribution >= 4 is 56.4 Å². The van der Waals surface area contributed by atoms with E-state index in [4.69, 9.17) is 11.6 Å². The van der Waals surface area contributed by atoms with Crippen LogP contribution < -0.4 is 14.9 Å². The van der Waals surface area contributed by atoms with Crippen molar-refractivity contribution in [2.24, 2.45) is 0 Å². The molecule has 2 aliphatic rings. The van der Waals surface area contributed by atoms with Crippen molar-refractivity contribution in [2.45, 2.75) is 50.0 Å². The Kier molecular flexibility index (Phi) is 8.52. The third-order valence-electron chi connectivity index (χ3n) is 7.09. The lowest BCUT2D eigenvalue weighted by Gasteiger charge is -2.31. The lowest BCUT2D eigenvalue weighted by Crippen LogP contribution is -2.55. The quantitative estimate of drug-likeness (QED) is 0.378. The molecule has 2 aliphatic heterocycles. The second-order valence-electron chi connectivity index (χ2n) is 9.89. The number of hydrogen-bond acceptors (Lipinski definition) is 8. The van der Waals surface area contributed by atoms with Crippen LogP contribution >= 0.6 is 22.9 Å². The van der Waals surface area contributed by atoms with Crippen LogP contribution in [-0.4, -0.2) is 71.5 Å². The molecule has 0 unspecified atom stereocenters. The van der Waals surface area contributed by atoms with Gasteiger partial charge in [0.15, 0.2) is 5.82 Å². The van der Waals surface area contributed by atoms with Gasteiger partial charge in [0.05, 0.1) is 20.7 Å². The first-order valence-electron chi connectivity index (χ1n) is 13.0. The van der Waals surface area contributed by atoms with Crippen LogP contribution in [0.4, 0.5) is 18.9 Å². The number of hydrogen-bond donors (Lipinski definition) is 2. The lowest BCUT2D eigenvalue weighted by molar-refractivity contribution is -0.148. The van der Waals surface area contributed by atoms with Crippen LogP contribution in [0.15, 0.2) is 35.2 Å². The fraction of sp³-hybridized carbons (Fsp3) is 0.400. The Hall–Kier alpha value is -3.54. The average molecular weight is 660 g/mol. The van der Waals surface area contributed by atoms with Crippen molar-refractivity contribution in [1.82, 2.24) is 29.7 Å². The number of halogens is 4. The van der Waals surface area contributed by atoms with Crippen molar-refractivity contribution in [2.75, 3.05) is 24.5 Å². The summed E-state index contributed by atoms with van der Waals surface area (Å²) in [6, 6.07) is 5.87. The second-order valence-corrected chi connectivity index (χ2v) is 13.3. The van der Waals surface area contributed by atoms with E-state index in [1.807, 2.05) is 0 Å². The van der Waals surface area contributed by atoms with E-state index < -0.39 is 46.4 Å². The molecular formula is C25H25ClF3N7O5S2. The molecule has 5 rings (SSSR count). The Morgan fingerprint density at radius 3 is 2.56 bits per heavy atom. The number of amides is 3. The first-order chi connectivity index (χ1) is 20.3. The fourth-order valence-corrected chi connectivity index (χ4v) is 7.42. The zero-order valence-electron chi connectivity index (χ0n) is 22.5. The first-order valence-corrected chi connectivity index (χ1v) is 15.7. The number of nitrogens with one attached hydrogen (secondary N) is 2. The Bertz CT molecular complexity index is 1690. The van der Waals surface area contributed by atoms with Gasteiger partial charge in [-0.15, -0.1) is 21.5 Å². The molecular weight excluding hydrogens is 635 g/mol. The Balaban J connectivity index is 1.41. The third kappa shape index (κ3) is 6.39. The van der Waals surface area contributed by atoms with Gasteiger partial charge >= 0.3 is 6.18 Å². The van der Waals surface area contributed by atoms with Gasteiger partial charge in [-0.05, 0) is 43.2 Å². The summed E-state index contributed by atoms with van der Waals surface area (Å²) in [7, 11) is -4.41. The van der Waals surface area contributed by atoms with Crippen LogP contribution in [0.5, 0.6) is 0 Å². The molecule has 2 N–H and O–H groups in total. The van der Waals surface area contributed by atoms with E-state index in [1.165, 1.54) is 29.2 Å². The van der Waals surface area contributed by atoms with Crippen LogP contribution in [-0.2, 0) is 38.9 Å². The summed E-state index contributed by atoms with van der Waals surface area (Å²) in [5.41, 5.74) is 0.714. The van der Waals surface area contributed by atoms with Gasteiger partial charge in [-0.25, -0.2) is 8.42 Å². The predicted molar refractivity (Wildman–Crippen MR) is 149 cm³/mol. The number of rotatable bonds is 8. The Morgan fingerprint density at radius 2 is 1.91 bits per heavy atom. The second kappa shape index (κ2) is 11.9. The minimum atomic E-state index is -4.74. The molecule has 3 aromatic rings. The van der Waals surface area contributed by atoms with E-state index in [0.29, 0.717) is 35.0 Å². The molecule has 1 atom stereocenters. The van der Waals surface area contributed by atoms with E-state index in [9.17, 15) is 36.0 Å². The molecule has 18 heteroatoms. The van der Waals surface area contributed by atoms with E-state index in [2.05, 4.69) is 20.2 Å². The number of thiophene rings is 1. The van der Waals surface area contributed by atoms with Gasteiger partial charge in [0, 0.05) is 38.3 Å². The number of carbonyl (C=O) groups is 3. The van der Waals surface area contributed by atoms with Crippen molar-refractivity contribution in [1.29, 1.82) is 0 Å². The highest BCUT2D eigenvalue weighted by atomic mass is 35.5. The molecule has 3 amide bonds. The van der Waals surface area contributed by atoms with Crippen molar-refractivity contribution < 1.29 is 36.0 Å². The number of alkyl halides is 3. The zero-order chi connectivity index (χ0) is 31.1. The summed E-state index contributed by atoms with van der Waals surface area (Å²) in [5, 5.41) is 9.30. The van der Waals surface area contributed by atoms with Crippen LogP contribution in [0.1, 0.15) is 39.7 Å². The lowest BCUT2D eigenvalue weighted by atomic mass is 10.2. The van der Waals surface area contributed by atoms with Crippen molar-refractivity contribution in [3.63, 3.8) is 0 Å². The van der Waals surface area contributed by atoms with E-state index in [0.717, 1.165) is 20.8 Å². The normalized spacial score (nSPS) is 16.3. The summed E-state index contributed by atoms with van der Waals surface area (Å²) >= 11 is 6.89. The average Bonchev–Trinajstić information content (AvgIpc) is 3.69. The summed E-state index contributed by atoms with van der Waals surface area (Å²) in [4.78, 5) is 41.4. The van der Waals surface area contributed by atoms with Gasteiger partial charge in [-0.3, -0.25) is 14.4 Å². The number of aromatic nitrogens is 3. The molecule has 230 valence electrons. The monoisotopic (exact) mass is 659 g/mol. The molecule has 0 saturated carbocycles. The van der Waals surface area contributed by atoms with E-state index >= 15 is 0 Å². The molecule has 4 heterocycles. The molecule has 12 nitrogen and oxygen atoms in total. The Morgan fingerprint density at radius 1 is 1.14 bits per heavy atom. The fourth-order valence-electron chi connectivity index (χ4n) is 5.01. The maximum Gasteiger partial charge on any atom is 0.451 e. The number of fused-ring (bicyclic) bond motifs is 1. The van der Waals surface area contributed by atoms with Crippen molar-refractivity contribution in [3.05, 3.63) is 56.8 Å². The Labute approximate surface area is 252 Å². The number of anilines is 1. The number of sulfonamides is 1. The summed E-state index contributed by atoms with van der Waals surface area (Å²) in [5.74, 6) is -2.85. The van der Waals surface area contributed by atoms with Crippen LogP contribution in [0.2, 0.25) is 4.34 Å². The van der Waals surface area contributed by atoms with Gasteiger partial charge in [-0.2, -0.15) is 17.9 Å². The largest absolute Gasteiger partial charge is 0.451 e. The molecule has 1 aromatic carbocycles. The standard InChI is InChI=1S/C25H25ClF3N7O5S2/c1-14-16(35-9-3-6-21(35)37)4-2-5-18(14)43(40,41)33-15(12-30-22(38)17-7-8-19(26)42-17)23(39)34-10-11-36-20(13-34)31-32-24(36)25(27,28)29/h2,4-5,7-8,15,33H,3,6,9-13H2,1H3,(H,30,38)/t15-/m0/s1. The van der Waals surface area contributed by atoms with Crippen LogP contribution in [0.3, 0.4) is 0 Å². The van der Waals surface area contributed by atoms with Crippen molar-refractivity contribution in [3.8, 4) is 0 Å². The third-order valence-corrected chi connectivity index (χ3v) is 9.93. The highest BCUT2D eigenvalue weighted by Gasteiger charge is 2.41. The van der Waals surface area contributed by atoms with Gasteiger partial charge < -0.3 is 19.7 Å². The van der Waals surface area contributed by atoms with Crippen LogP contribution in [0.25, 0.3) is 0 Å². The molecule has 1 saturated heterocycles. The van der Waals surface area contributed by atoms with Gasteiger partial charge in [0.2, 0.25) is 27.7 Å². The van der Waals surface area contributed by atoms with Gasteiger partial charge in [-0.1, -0.05) is 17.7 Å². The molecule has 0 radical (unpaired) electrons. The number of nitrogens with zero attached hydrogens (tertiary/aromatic N) is 5. The smallest absolute Gasteiger partial charge is 0.349 e.